The van der Waals surface area contributed by atoms with Crippen molar-refractivity contribution in [1.82, 2.24) is 20.4 Å². The number of likely N-dealkylation sites (tertiary alicyclic amines) is 2. The Morgan fingerprint density at radius 3 is 1.54 bits per heavy atom. The zero-order valence-corrected chi connectivity index (χ0v) is 31.6. The number of nitrogens with two attached hydrogens (primary N) is 1. The second-order valence-electron chi connectivity index (χ2n) is 13.7. The van der Waals surface area contributed by atoms with Crippen molar-refractivity contribution >= 4 is 47.2 Å². The molecule has 0 radical (unpaired) electrons. The van der Waals surface area contributed by atoms with Crippen LogP contribution < -0.4 is 26.8 Å². The van der Waals surface area contributed by atoms with E-state index in [1.165, 1.54) is 24.0 Å². The summed E-state index contributed by atoms with van der Waals surface area (Å²) in [4.78, 5) is 81.9. The van der Waals surface area contributed by atoms with E-state index in [0.717, 1.165) is 16.1 Å². The number of carbonyl (C=O) groups is 6. The quantitative estimate of drug-likeness (QED) is 0.0952. The van der Waals surface area contributed by atoms with Crippen molar-refractivity contribution in [3.8, 4) is 11.1 Å². The van der Waals surface area contributed by atoms with Gasteiger partial charge in [0.05, 0.1) is 19.9 Å². The SMILES string of the molecule is COC(=O)N[C@@H](C(=O)N1CCC[C@H]1C(=O)Nc1ccc(-c2ccc(N(N)C(=O)[C@@H]3CCCN3C(=O)[C@H](NC(=O)OC)c3ccccc3)cc2)cc1)c1ccccc1. The molecule has 4 aromatic carbocycles. The predicted octanol–water partition coefficient (Wildman–Crippen LogP) is 4.68. The van der Waals surface area contributed by atoms with Gasteiger partial charge < -0.3 is 35.2 Å². The van der Waals surface area contributed by atoms with Crippen molar-refractivity contribution in [3.63, 3.8) is 0 Å². The molecule has 5 N–H and O–H groups in total. The zero-order chi connectivity index (χ0) is 40.5. The molecule has 2 aliphatic rings. The molecule has 0 unspecified atom stereocenters. The number of alkyl carbamates (subject to hydrolysis) is 2. The number of amides is 6. The Balaban J connectivity index is 1.08. The molecule has 0 bridgehead atoms. The molecule has 4 atom stereocenters. The summed E-state index contributed by atoms with van der Waals surface area (Å²) in [5.74, 6) is 4.70. The maximum atomic E-state index is 13.8. The number of hydrogen-bond donors (Lipinski definition) is 4. The number of rotatable bonds is 11. The number of anilines is 2. The summed E-state index contributed by atoms with van der Waals surface area (Å²) in [5, 5.41) is 9.15. The first-order valence-electron chi connectivity index (χ1n) is 18.6. The van der Waals surface area contributed by atoms with Crippen LogP contribution in [0.2, 0.25) is 0 Å². The summed E-state index contributed by atoms with van der Waals surface area (Å²) < 4.78 is 9.50. The van der Waals surface area contributed by atoms with E-state index in [9.17, 15) is 28.8 Å². The Morgan fingerprint density at radius 1 is 0.632 bits per heavy atom. The van der Waals surface area contributed by atoms with Gasteiger partial charge in [-0.2, -0.15) is 0 Å². The number of nitrogens with zero attached hydrogens (tertiary/aromatic N) is 3. The van der Waals surface area contributed by atoms with Crippen LogP contribution in [0.5, 0.6) is 0 Å². The van der Waals surface area contributed by atoms with Gasteiger partial charge in [0.25, 0.3) is 17.7 Å². The lowest BCUT2D eigenvalue weighted by molar-refractivity contribution is -0.139. The Bertz CT molecular complexity index is 2070. The minimum absolute atomic E-state index is 0.324. The number of benzene rings is 4. The van der Waals surface area contributed by atoms with E-state index in [1.54, 1.807) is 84.9 Å². The van der Waals surface area contributed by atoms with E-state index in [0.29, 0.717) is 61.3 Å². The van der Waals surface area contributed by atoms with Crippen molar-refractivity contribution < 1.29 is 38.2 Å². The molecule has 0 aromatic heterocycles. The Morgan fingerprint density at radius 2 is 1.07 bits per heavy atom. The van der Waals surface area contributed by atoms with Crippen molar-refractivity contribution in [2.24, 2.45) is 5.84 Å². The van der Waals surface area contributed by atoms with Gasteiger partial charge in [-0.15, -0.1) is 0 Å². The second kappa shape index (κ2) is 18.3. The third kappa shape index (κ3) is 9.22. The first-order chi connectivity index (χ1) is 27.6. The molecule has 15 nitrogen and oxygen atoms in total. The van der Waals surface area contributed by atoms with Crippen molar-refractivity contribution in [1.29, 1.82) is 0 Å². The molecular weight excluding hydrogens is 731 g/mol. The highest BCUT2D eigenvalue weighted by atomic mass is 16.5. The topological polar surface area (TPSA) is 193 Å². The Kier molecular flexibility index (Phi) is 12.8. The summed E-state index contributed by atoms with van der Waals surface area (Å²) in [7, 11) is 2.43. The van der Waals surface area contributed by atoms with Gasteiger partial charge in [-0.1, -0.05) is 84.9 Å². The largest absolute Gasteiger partial charge is 0.453 e. The summed E-state index contributed by atoms with van der Waals surface area (Å²) >= 11 is 0. The fraction of sp³-hybridized carbons (Fsp3) is 0.286. The molecule has 2 saturated heterocycles. The number of nitrogens with one attached hydrogen (secondary N) is 3. The summed E-state index contributed by atoms with van der Waals surface area (Å²) in [6.07, 6.45) is 0.576. The van der Waals surface area contributed by atoms with Crippen LogP contribution in [-0.2, 0) is 28.7 Å². The molecule has 2 heterocycles. The molecular formula is C42H45N7O8. The fourth-order valence-corrected chi connectivity index (χ4v) is 7.22. The fourth-order valence-electron chi connectivity index (χ4n) is 7.22. The average molecular weight is 776 g/mol. The number of methoxy groups -OCH3 is 2. The van der Waals surface area contributed by atoms with Gasteiger partial charge in [0, 0.05) is 18.8 Å². The van der Waals surface area contributed by atoms with Crippen molar-refractivity contribution in [3.05, 3.63) is 120 Å². The molecule has 15 heteroatoms. The summed E-state index contributed by atoms with van der Waals surface area (Å²) in [5.41, 5.74) is 3.75. The van der Waals surface area contributed by atoms with Crippen LogP contribution in [-0.4, -0.2) is 85.0 Å². The molecule has 2 aliphatic heterocycles. The highest BCUT2D eigenvalue weighted by molar-refractivity contribution is 6.00. The predicted molar refractivity (Wildman–Crippen MR) is 211 cm³/mol. The van der Waals surface area contributed by atoms with Crippen LogP contribution in [0, 0.1) is 0 Å². The van der Waals surface area contributed by atoms with E-state index >= 15 is 0 Å². The van der Waals surface area contributed by atoms with Crippen LogP contribution in [0.1, 0.15) is 48.9 Å². The lowest BCUT2D eigenvalue weighted by Gasteiger charge is -2.30. The summed E-state index contributed by atoms with van der Waals surface area (Å²) in [6.45, 7) is 0.690. The molecule has 6 amide bonds. The first kappa shape index (κ1) is 39.9. The van der Waals surface area contributed by atoms with E-state index < -0.39 is 54.1 Å². The molecule has 0 spiro atoms. The molecule has 0 saturated carbocycles. The van der Waals surface area contributed by atoms with Crippen molar-refractivity contribution in [2.75, 3.05) is 37.6 Å². The molecule has 0 aliphatic carbocycles. The average Bonchev–Trinajstić information content (AvgIpc) is 3.96. The molecule has 2 fully saturated rings. The van der Waals surface area contributed by atoms with Gasteiger partial charge in [0.2, 0.25) is 5.91 Å². The maximum Gasteiger partial charge on any atom is 0.407 e. The lowest BCUT2D eigenvalue weighted by atomic mass is 10.0. The van der Waals surface area contributed by atoms with Crippen LogP contribution in [0.25, 0.3) is 11.1 Å². The van der Waals surface area contributed by atoms with E-state index in [4.69, 9.17) is 15.3 Å². The monoisotopic (exact) mass is 775 g/mol. The number of carbonyl (C=O) groups excluding carboxylic acids is 6. The number of hydrogen-bond acceptors (Lipinski definition) is 9. The van der Waals surface area contributed by atoms with Gasteiger partial charge >= 0.3 is 12.2 Å². The molecule has 57 heavy (non-hydrogen) atoms. The van der Waals surface area contributed by atoms with Crippen LogP contribution in [0.3, 0.4) is 0 Å². The Hall–Kier alpha value is -6.74. The van der Waals surface area contributed by atoms with Crippen LogP contribution >= 0.6 is 0 Å². The smallest absolute Gasteiger partial charge is 0.407 e. The van der Waals surface area contributed by atoms with Crippen LogP contribution in [0.4, 0.5) is 21.0 Å². The first-order valence-corrected chi connectivity index (χ1v) is 18.6. The molecule has 4 aromatic rings. The van der Waals surface area contributed by atoms with Gasteiger partial charge in [-0.05, 0) is 72.2 Å². The maximum absolute atomic E-state index is 13.8. The number of hydrazine groups is 1. The van der Waals surface area contributed by atoms with Gasteiger partial charge in [-0.25, -0.2) is 20.4 Å². The Labute approximate surface area is 330 Å². The van der Waals surface area contributed by atoms with Crippen LogP contribution in [0.15, 0.2) is 109 Å². The summed E-state index contributed by atoms with van der Waals surface area (Å²) in [6, 6.07) is 28.2. The van der Waals surface area contributed by atoms with Gasteiger partial charge in [0.15, 0.2) is 0 Å². The van der Waals surface area contributed by atoms with Gasteiger partial charge in [-0.3, -0.25) is 19.2 Å². The molecule has 296 valence electrons. The lowest BCUT2D eigenvalue weighted by Crippen LogP contribution is -2.53. The second-order valence-corrected chi connectivity index (χ2v) is 13.7. The van der Waals surface area contributed by atoms with Crippen molar-refractivity contribution in [2.45, 2.75) is 49.9 Å². The highest BCUT2D eigenvalue weighted by Gasteiger charge is 2.41. The third-order valence-electron chi connectivity index (χ3n) is 10.2. The van der Waals surface area contributed by atoms with E-state index in [2.05, 4.69) is 16.0 Å². The van der Waals surface area contributed by atoms with Gasteiger partial charge in [0.1, 0.15) is 24.2 Å². The van der Waals surface area contributed by atoms with E-state index in [1.807, 2.05) is 24.3 Å². The number of ether oxygens (including phenoxy) is 2. The highest BCUT2D eigenvalue weighted by Crippen LogP contribution is 2.29. The third-order valence-corrected chi connectivity index (χ3v) is 10.2. The molecule has 6 rings (SSSR count). The van der Waals surface area contributed by atoms with E-state index in [-0.39, 0.29) is 5.91 Å². The minimum atomic E-state index is -1.05. The normalized spacial score (nSPS) is 17.2. The minimum Gasteiger partial charge on any atom is -0.453 e. The standard InChI is InChI=1S/C42H45N7O8/c1-56-41(54)45-35(29-11-5-3-6-12-29)39(52)47-25-9-15-33(47)37(50)44-31-21-17-27(18-22-31)28-19-23-32(24-20-28)49(43)38(51)34-16-10-26-48(34)40(53)36(46-42(55)57-2)30-13-7-4-8-14-30/h3-8,11-14,17-24,33-36H,9-10,15-16,25-26,43H2,1-2H3,(H,44,50)(H,45,54)(H,46,55)/t33-,34-,35+,36+/m0/s1. The zero-order valence-electron chi connectivity index (χ0n) is 31.6.